The molecule has 0 saturated carbocycles. The van der Waals surface area contributed by atoms with Gasteiger partial charge < -0.3 is 10.6 Å². The highest BCUT2D eigenvalue weighted by Gasteiger charge is 2.24. The number of amides is 1. The Morgan fingerprint density at radius 2 is 2.22 bits per heavy atom. The zero-order valence-corrected chi connectivity index (χ0v) is 10.9. The fraction of sp³-hybridized carbons (Fsp3) is 0.500. The third kappa shape index (κ3) is 2.47. The van der Waals surface area contributed by atoms with Crippen molar-refractivity contribution in [3.8, 4) is 0 Å². The first-order chi connectivity index (χ1) is 8.49. The Morgan fingerprint density at radius 3 is 2.89 bits per heavy atom. The summed E-state index contributed by atoms with van der Waals surface area (Å²) in [6.07, 6.45) is 2.11. The van der Waals surface area contributed by atoms with Crippen LogP contribution in [0.4, 0.5) is 10.1 Å². The van der Waals surface area contributed by atoms with Crippen molar-refractivity contribution in [3.05, 3.63) is 29.1 Å². The molecule has 1 atom stereocenters. The van der Waals surface area contributed by atoms with E-state index in [2.05, 4.69) is 6.92 Å². The van der Waals surface area contributed by atoms with Crippen molar-refractivity contribution in [2.45, 2.75) is 26.7 Å². The number of hydrogen-bond donors (Lipinski definition) is 1. The van der Waals surface area contributed by atoms with Gasteiger partial charge in [0.05, 0.1) is 5.56 Å². The van der Waals surface area contributed by atoms with Crippen molar-refractivity contribution in [3.63, 3.8) is 0 Å². The minimum absolute atomic E-state index is 0.0987. The number of nitrogens with zero attached hydrogens (tertiary/aromatic N) is 1. The molecular weight excluding hydrogens is 231 g/mol. The molecule has 1 aromatic carbocycles. The van der Waals surface area contributed by atoms with Crippen molar-refractivity contribution < 1.29 is 9.18 Å². The van der Waals surface area contributed by atoms with Gasteiger partial charge in [0.2, 0.25) is 0 Å². The average molecular weight is 250 g/mol. The summed E-state index contributed by atoms with van der Waals surface area (Å²) in [4.78, 5) is 14.0. The van der Waals surface area contributed by atoms with Crippen molar-refractivity contribution in [1.29, 1.82) is 0 Å². The zero-order valence-electron chi connectivity index (χ0n) is 10.9. The third-order valence-electron chi connectivity index (χ3n) is 3.45. The summed E-state index contributed by atoms with van der Waals surface area (Å²) in [5.41, 5.74) is 6.64. The van der Waals surface area contributed by atoms with Crippen LogP contribution in [0.5, 0.6) is 0 Å². The predicted octanol–water partition coefficient (Wildman–Crippen LogP) is 2.59. The maximum Gasteiger partial charge on any atom is 0.256 e. The van der Waals surface area contributed by atoms with Crippen LogP contribution in [0.15, 0.2) is 12.1 Å². The van der Waals surface area contributed by atoms with Crippen LogP contribution in [0.1, 0.15) is 35.7 Å². The summed E-state index contributed by atoms with van der Waals surface area (Å²) >= 11 is 0. The van der Waals surface area contributed by atoms with E-state index in [-0.39, 0.29) is 11.5 Å². The van der Waals surface area contributed by atoms with Gasteiger partial charge in [0.1, 0.15) is 5.82 Å². The van der Waals surface area contributed by atoms with Gasteiger partial charge in [-0.05, 0) is 43.4 Å². The molecule has 0 radical (unpaired) electrons. The smallest absolute Gasteiger partial charge is 0.256 e. The summed E-state index contributed by atoms with van der Waals surface area (Å²) in [5.74, 6) is -0.213. The first kappa shape index (κ1) is 12.9. The van der Waals surface area contributed by atoms with Crippen LogP contribution >= 0.6 is 0 Å². The Bertz CT molecular complexity index is 473. The molecule has 1 aliphatic rings. The number of benzene rings is 1. The van der Waals surface area contributed by atoms with E-state index >= 15 is 0 Å². The SMILES string of the molecule is Cc1cc(N)cc(C(=O)N2CCCC(C)C2)c1F. The number of aryl methyl sites for hydroxylation is 1. The molecule has 1 fully saturated rings. The molecule has 1 heterocycles. The van der Waals surface area contributed by atoms with Gasteiger partial charge in [-0.25, -0.2) is 4.39 Å². The number of carbonyl (C=O) groups excluding carboxylic acids is 1. The number of piperidine rings is 1. The molecular formula is C14H19FN2O. The largest absolute Gasteiger partial charge is 0.399 e. The molecule has 0 bridgehead atoms. The highest BCUT2D eigenvalue weighted by molar-refractivity contribution is 5.95. The molecule has 3 nitrogen and oxygen atoms in total. The van der Waals surface area contributed by atoms with Crippen molar-refractivity contribution >= 4 is 11.6 Å². The molecule has 0 aromatic heterocycles. The van der Waals surface area contributed by atoms with E-state index in [1.807, 2.05) is 0 Å². The maximum absolute atomic E-state index is 14.0. The fourth-order valence-electron chi connectivity index (χ4n) is 2.50. The van der Waals surface area contributed by atoms with E-state index in [4.69, 9.17) is 5.73 Å². The van der Waals surface area contributed by atoms with E-state index in [0.29, 0.717) is 30.3 Å². The Kier molecular flexibility index (Phi) is 3.55. The summed E-state index contributed by atoms with van der Waals surface area (Å²) < 4.78 is 14.0. The number of hydrogen-bond acceptors (Lipinski definition) is 2. The molecule has 0 spiro atoms. The van der Waals surface area contributed by atoms with Crippen molar-refractivity contribution in [2.24, 2.45) is 5.92 Å². The lowest BCUT2D eigenvalue weighted by Crippen LogP contribution is -2.39. The molecule has 4 heteroatoms. The monoisotopic (exact) mass is 250 g/mol. The van der Waals surface area contributed by atoms with Gasteiger partial charge in [-0.2, -0.15) is 0 Å². The summed E-state index contributed by atoms with van der Waals surface area (Å²) in [6.45, 7) is 5.14. The third-order valence-corrected chi connectivity index (χ3v) is 3.45. The first-order valence-corrected chi connectivity index (χ1v) is 6.34. The lowest BCUT2D eigenvalue weighted by molar-refractivity contribution is 0.0678. The molecule has 18 heavy (non-hydrogen) atoms. The Balaban J connectivity index is 2.28. The minimum Gasteiger partial charge on any atom is -0.399 e. The van der Waals surface area contributed by atoms with Crippen LogP contribution in [0.2, 0.25) is 0 Å². The van der Waals surface area contributed by atoms with E-state index in [1.165, 1.54) is 6.07 Å². The summed E-state index contributed by atoms with van der Waals surface area (Å²) in [6, 6.07) is 2.98. The van der Waals surface area contributed by atoms with Crippen LogP contribution in [-0.2, 0) is 0 Å². The van der Waals surface area contributed by atoms with Crippen LogP contribution in [-0.4, -0.2) is 23.9 Å². The maximum atomic E-state index is 14.0. The van der Waals surface area contributed by atoms with Gasteiger partial charge in [-0.1, -0.05) is 6.92 Å². The van der Waals surface area contributed by atoms with Crippen LogP contribution in [0.3, 0.4) is 0 Å². The van der Waals surface area contributed by atoms with Gasteiger partial charge >= 0.3 is 0 Å². The zero-order chi connectivity index (χ0) is 13.3. The van der Waals surface area contributed by atoms with Gasteiger partial charge in [-0.15, -0.1) is 0 Å². The molecule has 1 aliphatic heterocycles. The highest BCUT2D eigenvalue weighted by atomic mass is 19.1. The number of halogens is 1. The number of likely N-dealkylation sites (tertiary alicyclic amines) is 1. The normalized spacial score (nSPS) is 19.9. The number of carbonyl (C=O) groups is 1. The molecule has 1 aromatic rings. The molecule has 0 aliphatic carbocycles. The Morgan fingerprint density at radius 1 is 1.50 bits per heavy atom. The molecule has 2 N–H and O–H groups in total. The summed E-state index contributed by atoms with van der Waals surface area (Å²) in [7, 11) is 0. The fourth-order valence-corrected chi connectivity index (χ4v) is 2.50. The van der Waals surface area contributed by atoms with Gasteiger partial charge in [0, 0.05) is 18.8 Å². The van der Waals surface area contributed by atoms with Crippen LogP contribution < -0.4 is 5.73 Å². The number of nitrogens with two attached hydrogens (primary N) is 1. The van der Waals surface area contributed by atoms with E-state index in [1.54, 1.807) is 17.9 Å². The molecule has 1 unspecified atom stereocenters. The summed E-state index contributed by atoms with van der Waals surface area (Å²) in [5, 5.41) is 0. The van der Waals surface area contributed by atoms with Gasteiger partial charge in [0.15, 0.2) is 0 Å². The molecule has 1 saturated heterocycles. The van der Waals surface area contributed by atoms with Crippen LogP contribution in [0, 0.1) is 18.7 Å². The molecule has 1 amide bonds. The second-order valence-corrected chi connectivity index (χ2v) is 5.20. The van der Waals surface area contributed by atoms with Crippen molar-refractivity contribution in [2.75, 3.05) is 18.8 Å². The number of rotatable bonds is 1. The Labute approximate surface area is 107 Å². The van der Waals surface area contributed by atoms with E-state index in [9.17, 15) is 9.18 Å². The Hall–Kier alpha value is -1.58. The first-order valence-electron chi connectivity index (χ1n) is 6.34. The average Bonchev–Trinajstić information content (AvgIpc) is 2.33. The number of nitrogen functional groups attached to an aromatic ring is 1. The lowest BCUT2D eigenvalue weighted by atomic mass is 9.99. The highest BCUT2D eigenvalue weighted by Crippen LogP contribution is 2.22. The van der Waals surface area contributed by atoms with E-state index < -0.39 is 5.82 Å². The molecule has 98 valence electrons. The second kappa shape index (κ2) is 4.96. The minimum atomic E-state index is -0.451. The van der Waals surface area contributed by atoms with Gasteiger partial charge in [0.25, 0.3) is 5.91 Å². The van der Waals surface area contributed by atoms with Crippen LogP contribution in [0.25, 0.3) is 0 Å². The molecule has 2 rings (SSSR count). The lowest BCUT2D eigenvalue weighted by Gasteiger charge is -2.31. The topological polar surface area (TPSA) is 46.3 Å². The predicted molar refractivity (Wildman–Crippen MR) is 69.9 cm³/mol. The van der Waals surface area contributed by atoms with Crippen molar-refractivity contribution in [1.82, 2.24) is 4.90 Å². The second-order valence-electron chi connectivity index (χ2n) is 5.20. The standard InChI is InChI=1S/C14H19FN2O/c1-9-4-3-5-17(8-9)14(18)12-7-11(16)6-10(2)13(12)15/h6-7,9H,3-5,8,16H2,1-2H3. The van der Waals surface area contributed by atoms with Gasteiger partial charge in [-0.3, -0.25) is 4.79 Å². The van der Waals surface area contributed by atoms with E-state index in [0.717, 1.165) is 12.8 Å². The number of anilines is 1. The quantitative estimate of drug-likeness (QED) is 0.779.